The van der Waals surface area contributed by atoms with E-state index in [1.165, 1.54) is 6.20 Å². The van der Waals surface area contributed by atoms with Crippen LogP contribution < -0.4 is 0 Å². The Morgan fingerprint density at radius 2 is 2.14 bits per heavy atom. The summed E-state index contributed by atoms with van der Waals surface area (Å²) >= 11 is 5.58. The molecule has 0 aromatic carbocycles. The van der Waals surface area contributed by atoms with Crippen LogP contribution in [0.1, 0.15) is 18.6 Å². The third-order valence-electron chi connectivity index (χ3n) is 1.54. The SMILES string of the molecule is C[C@@H](OS(C)(=O)=O)c1ccc(Cl)nc1. The van der Waals surface area contributed by atoms with Crippen LogP contribution in [0.2, 0.25) is 5.15 Å². The first kappa shape index (κ1) is 11.4. The van der Waals surface area contributed by atoms with Gasteiger partial charge in [-0.3, -0.25) is 4.18 Å². The fourth-order valence-electron chi connectivity index (χ4n) is 0.945. The van der Waals surface area contributed by atoms with Gasteiger partial charge in [0, 0.05) is 11.8 Å². The van der Waals surface area contributed by atoms with Gasteiger partial charge in [0.05, 0.1) is 6.26 Å². The molecule has 0 bridgehead atoms. The standard InChI is InChI=1S/C8H10ClNO3S/c1-6(13-14(2,11)12)7-3-4-8(9)10-5-7/h3-6H,1-2H3/t6-/m1/s1. The van der Waals surface area contributed by atoms with E-state index >= 15 is 0 Å². The van der Waals surface area contributed by atoms with Gasteiger partial charge in [0.15, 0.2) is 0 Å². The summed E-state index contributed by atoms with van der Waals surface area (Å²) in [6, 6.07) is 3.25. The lowest BCUT2D eigenvalue weighted by Crippen LogP contribution is -2.07. The summed E-state index contributed by atoms with van der Waals surface area (Å²) in [6.45, 7) is 1.63. The zero-order chi connectivity index (χ0) is 10.8. The molecule has 0 saturated carbocycles. The maximum Gasteiger partial charge on any atom is 0.264 e. The molecular weight excluding hydrogens is 226 g/mol. The molecule has 78 valence electrons. The van der Waals surface area contributed by atoms with Crippen molar-refractivity contribution in [1.82, 2.24) is 4.98 Å². The Morgan fingerprint density at radius 3 is 2.57 bits per heavy atom. The Morgan fingerprint density at radius 1 is 1.50 bits per heavy atom. The van der Waals surface area contributed by atoms with Crippen LogP contribution in [0.4, 0.5) is 0 Å². The quantitative estimate of drug-likeness (QED) is 0.592. The molecule has 0 fully saturated rings. The molecule has 6 heteroatoms. The number of hydrogen-bond donors (Lipinski definition) is 0. The minimum Gasteiger partial charge on any atom is -0.262 e. The highest BCUT2D eigenvalue weighted by Crippen LogP contribution is 2.18. The van der Waals surface area contributed by atoms with Crippen LogP contribution in [-0.2, 0) is 14.3 Å². The average Bonchev–Trinajstić information content (AvgIpc) is 2.02. The summed E-state index contributed by atoms with van der Waals surface area (Å²) in [5.41, 5.74) is 0.667. The van der Waals surface area contributed by atoms with Crippen LogP contribution in [0.3, 0.4) is 0 Å². The number of hydrogen-bond acceptors (Lipinski definition) is 4. The minimum atomic E-state index is -3.44. The average molecular weight is 236 g/mol. The fourth-order valence-corrected chi connectivity index (χ4v) is 1.69. The molecule has 0 radical (unpaired) electrons. The van der Waals surface area contributed by atoms with E-state index in [2.05, 4.69) is 4.98 Å². The predicted molar refractivity (Wildman–Crippen MR) is 53.6 cm³/mol. The van der Waals surface area contributed by atoms with Crippen LogP contribution in [0.25, 0.3) is 0 Å². The summed E-state index contributed by atoms with van der Waals surface area (Å²) in [5, 5.41) is 0.361. The van der Waals surface area contributed by atoms with Crippen molar-refractivity contribution in [2.75, 3.05) is 6.26 Å². The number of pyridine rings is 1. The van der Waals surface area contributed by atoms with Gasteiger partial charge >= 0.3 is 0 Å². The Labute approximate surface area is 88.0 Å². The molecule has 1 rings (SSSR count). The second-order valence-corrected chi connectivity index (χ2v) is 4.84. The molecule has 14 heavy (non-hydrogen) atoms. The smallest absolute Gasteiger partial charge is 0.262 e. The van der Waals surface area contributed by atoms with Crippen LogP contribution >= 0.6 is 11.6 Å². The zero-order valence-electron chi connectivity index (χ0n) is 7.77. The summed E-state index contributed by atoms with van der Waals surface area (Å²) in [4.78, 5) is 3.82. The number of nitrogens with zero attached hydrogens (tertiary/aromatic N) is 1. The van der Waals surface area contributed by atoms with Gasteiger partial charge in [-0.05, 0) is 13.0 Å². The zero-order valence-corrected chi connectivity index (χ0v) is 9.34. The molecule has 0 saturated heterocycles. The van der Waals surface area contributed by atoms with E-state index in [1.54, 1.807) is 19.1 Å². The topological polar surface area (TPSA) is 56.3 Å². The van der Waals surface area contributed by atoms with E-state index < -0.39 is 16.2 Å². The van der Waals surface area contributed by atoms with E-state index in [-0.39, 0.29) is 0 Å². The third-order valence-corrected chi connectivity index (χ3v) is 2.40. The van der Waals surface area contributed by atoms with Crippen LogP contribution in [0, 0.1) is 0 Å². The van der Waals surface area contributed by atoms with Crippen LogP contribution in [0.5, 0.6) is 0 Å². The Kier molecular flexibility index (Phi) is 3.47. The van der Waals surface area contributed by atoms with Crippen molar-refractivity contribution in [3.05, 3.63) is 29.0 Å². The molecule has 0 aliphatic carbocycles. The van der Waals surface area contributed by atoms with Gasteiger partial charge in [0.25, 0.3) is 10.1 Å². The van der Waals surface area contributed by atoms with Crippen molar-refractivity contribution in [2.24, 2.45) is 0 Å². The molecule has 0 unspecified atom stereocenters. The Hall–Kier alpha value is -0.650. The third kappa shape index (κ3) is 3.61. The number of rotatable bonds is 3. The largest absolute Gasteiger partial charge is 0.264 e. The number of aromatic nitrogens is 1. The molecule has 0 aliphatic heterocycles. The molecule has 0 aliphatic rings. The van der Waals surface area contributed by atoms with Crippen molar-refractivity contribution in [2.45, 2.75) is 13.0 Å². The fraction of sp³-hybridized carbons (Fsp3) is 0.375. The highest BCUT2D eigenvalue weighted by Gasteiger charge is 2.12. The lowest BCUT2D eigenvalue weighted by Gasteiger charge is -2.10. The first-order chi connectivity index (χ1) is 6.38. The van der Waals surface area contributed by atoms with Crippen molar-refractivity contribution in [3.8, 4) is 0 Å². The van der Waals surface area contributed by atoms with E-state index in [1.807, 2.05) is 0 Å². The van der Waals surface area contributed by atoms with Gasteiger partial charge in [0.1, 0.15) is 11.3 Å². The van der Waals surface area contributed by atoms with Crippen molar-refractivity contribution < 1.29 is 12.6 Å². The summed E-state index contributed by atoms with van der Waals surface area (Å²) in [6.07, 6.45) is 1.94. The molecule has 1 aromatic rings. The highest BCUT2D eigenvalue weighted by molar-refractivity contribution is 7.86. The molecule has 0 amide bonds. The first-order valence-corrected chi connectivity index (χ1v) is 6.07. The summed E-state index contributed by atoms with van der Waals surface area (Å²) in [7, 11) is -3.44. The van der Waals surface area contributed by atoms with Gasteiger partial charge in [-0.2, -0.15) is 8.42 Å². The van der Waals surface area contributed by atoms with Crippen molar-refractivity contribution in [3.63, 3.8) is 0 Å². The maximum atomic E-state index is 10.8. The lowest BCUT2D eigenvalue weighted by atomic mass is 10.2. The van der Waals surface area contributed by atoms with Gasteiger partial charge < -0.3 is 0 Å². The normalized spacial score (nSPS) is 13.9. The van der Waals surface area contributed by atoms with Gasteiger partial charge in [-0.1, -0.05) is 17.7 Å². The predicted octanol–water partition coefficient (Wildman–Crippen LogP) is 1.77. The van der Waals surface area contributed by atoms with Gasteiger partial charge in [-0.15, -0.1) is 0 Å². The maximum absolute atomic E-state index is 10.8. The van der Waals surface area contributed by atoms with Gasteiger partial charge in [0.2, 0.25) is 0 Å². The van der Waals surface area contributed by atoms with Crippen molar-refractivity contribution in [1.29, 1.82) is 0 Å². The molecule has 1 aromatic heterocycles. The van der Waals surface area contributed by atoms with Crippen LogP contribution in [0.15, 0.2) is 18.3 Å². The molecule has 1 atom stereocenters. The Bertz CT molecular complexity index is 401. The second-order valence-electron chi connectivity index (χ2n) is 2.86. The molecule has 0 spiro atoms. The second kappa shape index (κ2) is 4.25. The van der Waals surface area contributed by atoms with Crippen LogP contribution in [-0.4, -0.2) is 19.7 Å². The molecule has 1 heterocycles. The summed E-state index contributed by atoms with van der Waals surface area (Å²) < 4.78 is 26.4. The molecule has 0 N–H and O–H groups in total. The Balaban J connectivity index is 2.80. The van der Waals surface area contributed by atoms with Crippen molar-refractivity contribution >= 4 is 21.7 Å². The lowest BCUT2D eigenvalue weighted by molar-refractivity contribution is 0.236. The van der Waals surface area contributed by atoms with E-state index in [0.29, 0.717) is 10.7 Å². The van der Waals surface area contributed by atoms with Gasteiger partial charge in [-0.25, -0.2) is 4.98 Å². The van der Waals surface area contributed by atoms with E-state index in [9.17, 15) is 8.42 Å². The van der Waals surface area contributed by atoms with E-state index in [4.69, 9.17) is 15.8 Å². The monoisotopic (exact) mass is 235 g/mol. The summed E-state index contributed by atoms with van der Waals surface area (Å²) in [5.74, 6) is 0. The molecule has 4 nitrogen and oxygen atoms in total. The molecular formula is C8H10ClNO3S. The minimum absolute atomic E-state index is 0.361. The first-order valence-electron chi connectivity index (χ1n) is 3.88. The number of halogens is 1. The highest BCUT2D eigenvalue weighted by atomic mass is 35.5. The van der Waals surface area contributed by atoms with E-state index in [0.717, 1.165) is 6.26 Å².